The summed E-state index contributed by atoms with van der Waals surface area (Å²) in [6, 6.07) is 9.65. The van der Waals surface area contributed by atoms with E-state index in [1.54, 1.807) is 0 Å². The van der Waals surface area contributed by atoms with Crippen molar-refractivity contribution in [2.75, 3.05) is 13.2 Å². The molecule has 4 aliphatic rings. The molecule has 1 unspecified atom stereocenters. The lowest BCUT2D eigenvalue weighted by molar-refractivity contribution is -0.104. The molecule has 31 heavy (non-hydrogen) atoms. The molecule has 1 N–H and O–H groups in total. The summed E-state index contributed by atoms with van der Waals surface area (Å²) in [5, 5.41) is 8.64. The third kappa shape index (κ3) is 3.45. The van der Waals surface area contributed by atoms with E-state index in [2.05, 4.69) is 35.1 Å². The van der Waals surface area contributed by atoms with Crippen molar-refractivity contribution in [1.82, 2.24) is 20.1 Å². The summed E-state index contributed by atoms with van der Waals surface area (Å²) in [5.74, 6) is 0. The Morgan fingerprint density at radius 1 is 1.10 bits per heavy atom. The first-order valence-corrected chi connectivity index (χ1v) is 12.4. The molecule has 1 spiro atoms. The molecule has 2 aromatic rings. The molecule has 2 aliphatic carbocycles. The SMILES string of the molecule is CC1([C@@H]2C[C@@H](NCCC3(c4ccccn4)CCOC4(CCCC4)C3)c3ccnn32)CC1. The van der Waals surface area contributed by atoms with Crippen LogP contribution in [0.5, 0.6) is 0 Å². The van der Waals surface area contributed by atoms with Crippen LogP contribution in [0, 0.1) is 5.41 Å². The van der Waals surface area contributed by atoms with Crippen LogP contribution in [0.15, 0.2) is 36.7 Å². The molecule has 3 atom stereocenters. The average molecular weight is 421 g/mol. The van der Waals surface area contributed by atoms with E-state index in [0.29, 0.717) is 17.5 Å². The van der Waals surface area contributed by atoms with Crippen molar-refractivity contribution < 1.29 is 4.74 Å². The number of aromatic nitrogens is 3. The van der Waals surface area contributed by atoms with Gasteiger partial charge in [-0.25, -0.2) is 0 Å². The van der Waals surface area contributed by atoms with E-state index in [9.17, 15) is 0 Å². The van der Waals surface area contributed by atoms with Crippen molar-refractivity contribution in [2.45, 2.75) is 94.2 Å². The first-order valence-electron chi connectivity index (χ1n) is 12.4. The number of rotatable bonds is 6. The van der Waals surface area contributed by atoms with Crippen molar-refractivity contribution in [3.05, 3.63) is 48.0 Å². The fourth-order valence-electron chi connectivity index (χ4n) is 6.88. The van der Waals surface area contributed by atoms with E-state index < -0.39 is 0 Å². The van der Waals surface area contributed by atoms with Gasteiger partial charge in [0, 0.05) is 30.1 Å². The Balaban J connectivity index is 1.19. The summed E-state index contributed by atoms with van der Waals surface area (Å²) in [5.41, 5.74) is 3.32. The molecular weight excluding hydrogens is 384 g/mol. The van der Waals surface area contributed by atoms with E-state index in [4.69, 9.17) is 14.8 Å². The predicted molar refractivity (Wildman–Crippen MR) is 121 cm³/mol. The second kappa shape index (κ2) is 7.41. The second-order valence-electron chi connectivity index (χ2n) is 11.0. The average Bonchev–Trinajstić information content (AvgIpc) is 3.16. The summed E-state index contributed by atoms with van der Waals surface area (Å²) >= 11 is 0. The first kappa shape index (κ1) is 19.9. The topological polar surface area (TPSA) is 52.0 Å². The fraction of sp³-hybridized carbons (Fsp3) is 0.692. The summed E-state index contributed by atoms with van der Waals surface area (Å²) in [6.45, 7) is 4.32. The smallest absolute Gasteiger partial charge is 0.0691 e. The molecule has 0 amide bonds. The quantitative estimate of drug-likeness (QED) is 0.706. The molecule has 2 aromatic heterocycles. The Morgan fingerprint density at radius 3 is 2.74 bits per heavy atom. The van der Waals surface area contributed by atoms with Gasteiger partial charge in [-0.05, 0) is 81.5 Å². The maximum Gasteiger partial charge on any atom is 0.0691 e. The van der Waals surface area contributed by atoms with Crippen molar-refractivity contribution in [1.29, 1.82) is 0 Å². The van der Waals surface area contributed by atoms with Crippen molar-refractivity contribution in [3.63, 3.8) is 0 Å². The van der Waals surface area contributed by atoms with E-state index in [1.807, 2.05) is 18.5 Å². The number of nitrogens with zero attached hydrogens (tertiary/aromatic N) is 3. The molecule has 4 heterocycles. The van der Waals surface area contributed by atoms with Crippen LogP contribution in [0.4, 0.5) is 0 Å². The predicted octanol–water partition coefficient (Wildman–Crippen LogP) is 5.11. The summed E-state index contributed by atoms with van der Waals surface area (Å²) in [4.78, 5) is 4.86. The van der Waals surface area contributed by atoms with E-state index >= 15 is 0 Å². The van der Waals surface area contributed by atoms with Crippen molar-refractivity contribution in [3.8, 4) is 0 Å². The van der Waals surface area contributed by atoms with Gasteiger partial charge in [0.1, 0.15) is 0 Å². The zero-order chi connectivity index (χ0) is 20.9. The van der Waals surface area contributed by atoms with E-state index in [1.165, 1.54) is 56.3 Å². The Kier molecular flexibility index (Phi) is 4.77. The third-order valence-corrected chi connectivity index (χ3v) is 9.02. The van der Waals surface area contributed by atoms with Gasteiger partial charge in [0.25, 0.3) is 0 Å². The molecule has 0 radical (unpaired) electrons. The molecule has 0 aromatic carbocycles. The summed E-state index contributed by atoms with van der Waals surface area (Å²) < 4.78 is 8.74. The molecule has 2 saturated carbocycles. The minimum absolute atomic E-state index is 0.0907. The maximum atomic E-state index is 6.42. The van der Waals surface area contributed by atoms with Gasteiger partial charge in [0.2, 0.25) is 0 Å². The number of pyridine rings is 1. The molecule has 0 bridgehead atoms. The molecule has 166 valence electrons. The molecule has 5 nitrogen and oxygen atoms in total. The zero-order valence-corrected chi connectivity index (χ0v) is 18.9. The highest BCUT2D eigenvalue weighted by Gasteiger charge is 2.51. The largest absolute Gasteiger partial charge is 0.375 e. The number of ether oxygens (including phenoxy) is 1. The van der Waals surface area contributed by atoms with Crippen LogP contribution in [0.3, 0.4) is 0 Å². The summed E-state index contributed by atoms with van der Waals surface area (Å²) in [6.07, 6.45) is 16.2. The number of fused-ring (bicyclic) bond motifs is 1. The first-order chi connectivity index (χ1) is 15.1. The van der Waals surface area contributed by atoms with Crippen LogP contribution in [0.25, 0.3) is 0 Å². The van der Waals surface area contributed by atoms with Crippen LogP contribution in [0.2, 0.25) is 0 Å². The lowest BCUT2D eigenvalue weighted by atomic mass is 9.68. The van der Waals surface area contributed by atoms with Gasteiger partial charge >= 0.3 is 0 Å². The van der Waals surface area contributed by atoms with Crippen molar-refractivity contribution >= 4 is 0 Å². The van der Waals surface area contributed by atoms with Gasteiger partial charge in [0.05, 0.1) is 23.4 Å². The highest BCUT2D eigenvalue weighted by molar-refractivity contribution is 5.21. The van der Waals surface area contributed by atoms with Gasteiger partial charge in [-0.1, -0.05) is 25.8 Å². The fourth-order valence-corrected chi connectivity index (χ4v) is 6.88. The minimum atomic E-state index is 0.0907. The van der Waals surface area contributed by atoms with Crippen LogP contribution in [-0.4, -0.2) is 33.5 Å². The number of hydrogen-bond acceptors (Lipinski definition) is 4. The molecule has 6 rings (SSSR count). The zero-order valence-electron chi connectivity index (χ0n) is 18.9. The van der Waals surface area contributed by atoms with Gasteiger partial charge in [-0.15, -0.1) is 0 Å². The van der Waals surface area contributed by atoms with Crippen LogP contribution < -0.4 is 5.32 Å². The standard InChI is InChI=1S/C26H36N4O/c1-24(10-11-24)23-18-20(21-7-15-29-30(21)23)27-16-12-25(22-6-2-5-14-28-22)13-17-31-26(19-25)8-3-4-9-26/h2,5-7,14-15,20,23,27H,3-4,8-13,16-19H2,1H3/t20-,23+,25?/m1/s1. The Hall–Kier alpha value is -1.72. The van der Waals surface area contributed by atoms with Crippen molar-refractivity contribution in [2.24, 2.45) is 5.41 Å². The van der Waals surface area contributed by atoms with Gasteiger partial charge < -0.3 is 10.1 Å². The molecule has 1 saturated heterocycles. The lowest BCUT2D eigenvalue weighted by Gasteiger charge is -2.46. The summed E-state index contributed by atoms with van der Waals surface area (Å²) in [7, 11) is 0. The molecule has 3 fully saturated rings. The number of hydrogen-bond donors (Lipinski definition) is 1. The maximum absolute atomic E-state index is 6.42. The highest BCUT2D eigenvalue weighted by atomic mass is 16.5. The van der Waals surface area contributed by atoms with Crippen LogP contribution in [-0.2, 0) is 10.2 Å². The van der Waals surface area contributed by atoms with Crippen LogP contribution >= 0.6 is 0 Å². The van der Waals surface area contributed by atoms with E-state index in [-0.39, 0.29) is 11.0 Å². The minimum Gasteiger partial charge on any atom is -0.375 e. The second-order valence-corrected chi connectivity index (χ2v) is 11.0. The van der Waals surface area contributed by atoms with Gasteiger partial charge in [0.15, 0.2) is 0 Å². The highest BCUT2D eigenvalue weighted by Crippen LogP contribution is 2.58. The third-order valence-electron chi connectivity index (χ3n) is 9.02. The Labute approximate surface area is 186 Å². The Morgan fingerprint density at radius 2 is 1.97 bits per heavy atom. The van der Waals surface area contributed by atoms with E-state index in [0.717, 1.165) is 32.4 Å². The normalized spacial score (nSPS) is 32.9. The Bertz CT molecular complexity index is 914. The van der Waals surface area contributed by atoms with Gasteiger partial charge in [-0.3, -0.25) is 9.67 Å². The monoisotopic (exact) mass is 420 g/mol. The molecule has 2 aliphatic heterocycles. The van der Waals surface area contributed by atoms with Crippen LogP contribution in [0.1, 0.15) is 94.6 Å². The molecular formula is C26H36N4O. The van der Waals surface area contributed by atoms with Gasteiger partial charge in [-0.2, -0.15) is 5.10 Å². The molecule has 5 heteroatoms. The lowest BCUT2D eigenvalue weighted by Crippen LogP contribution is -2.47. The number of nitrogens with one attached hydrogen (secondary N) is 1.